The minimum atomic E-state index is -4.66. The smallest absolute Gasteiger partial charge is 0.451 e. The third-order valence-electron chi connectivity index (χ3n) is 2.37. The van der Waals surface area contributed by atoms with Gasteiger partial charge >= 0.3 is 6.18 Å². The summed E-state index contributed by atoms with van der Waals surface area (Å²) in [6.07, 6.45) is -4.66. The summed E-state index contributed by atoms with van der Waals surface area (Å²) in [6.45, 7) is 0. The van der Waals surface area contributed by atoms with Gasteiger partial charge in [0.2, 0.25) is 5.82 Å². The minimum Gasteiger partial charge on any atom is -0.496 e. The lowest BCUT2D eigenvalue weighted by molar-refractivity contribution is -0.144. The highest BCUT2D eigenvalue weighted by atomic mass is 79.9. The van der Waals surface area contributed by atoms with E-state index in [0.29, 0.717) is 15.9 Å². The number of anilines is 2. The first-order valence-electron chi connectivity index (χ1n) is 5.52. The summed E-state index contributed by atoms with van der Waals surface area (Å²) in [6, 6.07) is 6.13. The summed E-state index contributed by atoms with van der Waals surface area (Å²) in [5, 5.41) is 2.43. The van der Waals surface area contributed by atoms with Crippen LogP contribution in [0, 0.1) is 0 Å². The van der Waals surface area contributed by atoms with E-state index in [2.05, 4.69) is 31.2 Å². The number of benzene rings is 1. The van der Waals surface area contributed by atoms with E-state index in [1.807, 2.05) is 0 Å². The monoisotopic (exact) mass is 381 g/mol. The first kappa shape index (κ1) is 15.8. The highest BCUT2D eigenvalue weighted by Crippen LogP contribution is 2.31. The van der Waals surface area contributed by atoms with Gasteiger partial charge in [0.05, 0.1) is 11.6 Å². The molecule has 0 aliphatic carbocycles. The zero-order valence-corrected chi connectivity index (χ0v) is 12.8. The van der Waals surface area contributed by atoms with Crippen molar-refractivity contribution in [3.05, 3.63) is 39.7 Å². The number of hydrogen-bond donors (Lipinski definition) is 1. The normalized spacial score (nSPS) is 11.3. The Kier molecular flexibility index (Phi) is 4.58. The first-order chi connectivity index (χ1) is 9.79. The van der Waals surface area contributed by atoms with Crippen LogP contribution in [0.3, 0.4) is 0 Å². The fourth-order valence-corrected chi connectivity index (χ4v) is 2.22. The molecule has 0 radical (unpaired) electrons. The lowest BCUT2D eigenvalue weighted by Gasteiger charge is -2.11. The number of hydrogen-bond acceptors (Lipinski definition) is 4. The van der Waals surface area contributed by atoms with Gasteiger partial charge in [-0.1, -0.05) is 11.6 Å². The molecule has 1 heterocycles. The summed E-state index contributed by atoms with van der Waals surface area (Å²) in [4.78, 5) is 6.55. The highest BCUT2D eigenvalue weighted by Gasteiger charge is 2.35. The molecule has 0 aliphatic heterocycles. The van der Waals surface area contributed by atoms with Gasteiger partial charge in [-0.05, 0) is 34.1 Å². The standard InChI is InChI=1S/C12H8BrClF3N3O/c1-21-8-3-2-6(4-7(8)13)18-10-5-9(14)19-11(20-10)12(15,16)17/h2-5H,1H3,(H,18,19,20). The lowest BCUT2D eigenvalue weighted by Crippen LogP contribution is -2.12. The second-order valence-corrected chi connectivity index (χ2v) is 5.11. The molecule has 0 aliphatic rings. The van der Waals surface area contributed by atoms with Crippen LogP contribution in [0.25, 0.3) is 0 Å². The van der Waals surface area contributed by atoms with Gasteiger partial charge in [0.25, 0.3) is 0 Å². The quantitative estimate of drug-likeness (QED) is 0.784. The average Bonchev–Trinajstić information content (AvgIpc) is 2.37. The van der Waals surface area contributed by atoms with Crippen molar-refractivity contribution in [2.45, 2.75) is 6.18 Å². The Morgan fingerprint density at radius 3 is 2.52 bits per heavy atom. The molecule has 0 fully saturated rings. The third kappa shape index (κ3) is 3.98. The molecule has 0 atom stereocenters. The highest BCUT2D eigenvalue weighted by molar-refractivity contribution is 9.10. The van der Waals surface area contributed by atoms with Crippen molar-refractivity contribution in [2.75, 3.05) is 12.4 Å². The molecule has 21 heavy (non-hydrogen) atoms. The van der Waals surface area contributed by atoms with Crippen LogP contribution in [-0.2, 0) is 6.18 Å². The average molecular weight is 383 g/mol. The van der Waals surface area contributed by atoms with Gasteiger partial charge in [-0.2, -0.15) is 13.2 Å². The molecule has 0 bridgehead atoms. The van der Waals surface area contributed by atoms with E-state index in [4.69, 9.17) is 16.3 Å². The molecule has 0 saturated heterocycles. The fourth-order valence-electron chi connectivity index (χ4n) is 1.50. The summed E-state index contributed by atoms with van der Waals surface area (Å²) in [5.41, 5.74) is 0.519. The lowest BCUT2D eigenvalue weighted by atomic mass is 10.3. The molecule has 0 saturated carbocycles. The number of aromatic nitrogens is 2. The van der Waals surface area contributed by atoms with Gasteiger partial charge in [0.1, 0.15) is 16.7 Å². The van der Waals surface area contributed by atoms with Crippen LogP contribution in [0.15, 0.2) is 28.7 Å². The second kappa shape index (κ2) is 6.07. The van der Waals surface area contributed by atoms with Crippen LogP contribution in [-0.4, -0.2) is 17.1 Å². The number of halogens is 5. The molecule has 0 amide bonds. The van der Waals surface area contributed by atoms with Crippen molar-refractivity contribution in [1.29, 1.82) is 0 Å². The predicted octanol–water partition coefficient (Wildman–Crippen LogP) is 4.66. The van der Waals surface area contributed by atoms with Gasteiger partial charge < -0.3 is 10.1 Å². The van der Waals surface area contributed by atoms with Crippen LogP contribution in [0.4, 0.5) is 24.7 Å². The number of ether oxygens (including phenoxy) is 1. The molecule has 9 heteroatoms. The van der Waals surface area contributed by atoms with E-state index < -0.39 is 12.0 Å². The van der Waals surface area contributed by atoms with Crippen LogP contribution in [0.5, 0.6) is 5.75 Å². The zero-order chi connectivity index (χ0) is 15.6. The Morgan fingerprint density at radius 2 is 1.95 bits per heavy atom. The number of methoxy groups -OCH3 is 1. The van der Waals surface area contributed by atoms with Crippen molar-refractivity contribution < 1.29 is 17.9 Å². The third-order valence-corrected chi connectivity index (χ3v) is 3.19. The Bertz CT molecular complexity index is 667. The fraction of sp³-hybridized carbons (Fsp3) is 0.167. The van der Waals surface area contributed by atoms with E-state index in [-0.39, 0.29) is 11.0 Å². The number of rotatable bonds is 3. The molecule has 1 aromatic heterocycles. The number of nitrogens with zero attached hydrogens (tertiary/aromatic N) is 2. The van der Waals surface area contributed by atoms with Crippen molar-refractivity contribution in [1.82, 2.24) is 9.97 Å². The van der Waals surface area contributed by atoms with Crippen molar-refractivity contribution >= 4 is 39.0 Å². The molecule has 2 aromatic rings. The Hall–Kier alpha value is -1.54. The number of alkyl halides is 3. The van der Waals surface area contributed by atoms with E-state index in [1.54, 1.807) is 18.2 Å². The van der Waals surface area contributed by atoms with Gasteiger partial charge in [-0.25, -0.2) is 9.97 Å². The summed E-state index contributed by atoms with van der Waals surface area (Å²) < 4.78 is 43.5. The predicted molar refractivity (Wildman–Crippen MR) is 76.0 cm³/mol. The first-order valence-corrected chi connectivity index (χ1v) is 6.69. The molecule has 2 rings (SSSR count). The SMILES string of the molecule is COc1ccc(Nc2cc(Cl)nc(C(F)(F)F)n2)cc1Br. The van der Waals surface area contributed by atoms with Crippen molar-refractivity contribution in [3.63, 3.8) is 0 Å². The maximum absolute atomic E-state index is 12.6. The van der Waals surface area contributed by atoms with Gasteiger partial charge in [0, 0.05) is 11.8 Å². The molecule has 4 nitrogen and oxygen atoms in total. The Balaban J connectivity index is 2.31. The van der Waals surface area contributed by atoms with E-state index >= 15 is 0 Å². The molecule has 112 valence electrons. The maximum Gasteiger partial charge on any atom is 0.451 e. The number of nitrogens with one attached hydrogen (secondary N) is 1. The van der Waals surface area contributed by atoms with E-state index in [1.165, 1.54) is 13.2 Å². The molecule has 0 spiro atoms. The zero-order valence-electron chi connectivity index (χ0n) is 10.5. The van der Waals surface area contributed by atoms with Gasteiger partial charge in [-0.15, -0.1) is 0 Å². The summed E-state index contributed by atoms with van der Waals surface area (Å²) in [5.74, 6) is -0.762. The van der Waals surface area contributed by atoms with Crippen LogP contribution >= 0.6 is 27.5 Å². The summed E-state index contributed by atoms with van der Waals surface area (Å²) >= 11 is 8.86. The molecular formula is C12H8BrClF3N3O. The summed E-state index contributed by atoms with van der Waals surface area (Å²) in [7, 11) is 1.51. The molecule has 1 aromatic carbocycles. The largest absolute Gasteiger partial charge is 0.496 e. The van der Waals surface area contributed by atoms with Crippen LogP contribution < -0.4 is 10.1 Å². The van der Waals surface area contributed by atoms with Gasteiger partial charge in [-0.3, -0.25) is 0 Å². The second-order valence-electron chi connectivity index (χ2n) is 3.87. The van der Waals surface area contributed by atoms with Crippen LogP contribution in [0.2, 0.25) is 5.15 Å². The van der Waals surface area contributed by atoms with E-state index in [0.717, 1.165) is 0 Å². The molecule has 1 N–H and O–H groups in total. The Morgan fingerprint density at radius 1 is 1.24 bits per heavy atom. The van der Waals surface area contributed by atoms with Crippen molar-refractivity contribution in [2.24, 2.45) is 0 Å². The molecular weight excluding hydrogens is 375 g/mol. The Labute approximate surface area is 131 Å². The van der Waals surface area contributed by atoms with E-state index in [9.17, 15) is 13.2 Å². The topological polar surface area (TPSA) is 47.0 Å². The molecule has 0 unspecified atom stereocenters. The maximum atomic E-state index is 12.6. The van der Waals surface area contributed by atoms with Crippen molar-refractivity contribution in [3.8, 4) is 5.75 Å². The van der Waals surface area contributed by atoms with Gasteiger partial charge in [0.15, 0.2) is 0 Å². The minimum absolute atomic E-state index is 0.0561. The van der Waals surface area contributed by atoms with Crippen LogP contribution in [0.1, 0.15) is 5.82 Å².